The molecule has 0 aliphatic rings. The average molecular weight is 287 g/mol. The van der Waals surface area contributed by atoms with Gasteiger partial charge >= 0.3 is 0 Å². The highest BCUT2D eigenvalue weighted by Crippen LogP contribution is 2.29. The molecule has 1 aromatic rings. The highest BCUT2D eigenvalue weighted by molar-refractivity contribution is 9.09. The smallest absolute Gasteiger partial charge is 0.160 e. The Hall–Kier alpha value is -0.700. The summed E-state index contributed by atoms with van der Waals surface area (Å²) in [5.74, 6) is 2.19. The van der Waals surface area contributed by atoms with Crippen molar-refractivity contribution in [1.82, 2.24) is 0 Å². The number of hydrogen-bond acceptors (Lipinski definition) is 2. The van der Waals surface area contributed by atoms with Crippen LogP contribution in [-0.4, -0.2) is 19.0 Å². The SMILES string of the molecule is COc1ccc(CC(Br)C(C)C)cc1OC. The van der Waals surface area contributed by atoms with E-state index in [1.54, 1.807) is 14.2 Å². The minimum absolute atomic E-state index is 0.491. The molecule has 0 bridgehead atoms. The molecule has 16 heavy (non-hydrogen) atoms. The number of benzene rings is 1. The lowest BCUT2D eigenvalue weighted by Gasteiger charge is -2.15. The molecule has 0 N–H and O–H groups in total. The summed E-state index contributed by atoms with van der Waals surface area (Å²) in [6.07, 6.45) is 0.998. The molecule has 1 aromatic carbocycles. The largest absolute Gasteiger partial charge is 0.493 e. The van der Waals surface area contributed by atoms with E-state index in [2.05, 4.69) is 35.8 Å². The van der Waals surface area contributed by atoms with Crippen molar-refractivity contribution >= 4 is 15.9 Å². The highest BCUT2D eigenvalue weighted by atomic mass is 79.9. The van der Waals surface area contributed by atoms with Gasteiger partial charge in [0.2, 0.25) is 0 Å². The van der Waals surface area contributed by atoms with Crippen LogP contribution in [-0.2, 0) is 6.42 Å². The zero-order chi connectivity index (χ0) is 12.1. The third-order valence-corrected chi connectivity index (χ3v) is 3.98. The summed E-state index contributed by atoms with van der Waals surface area (Å²) in [5.41, 5.74) is 1.26. The van der Waals surface area contributed by atoms with E-state index in [9.17, 15) is 0 Å². The summed E-state index contributed by atoms with van der Waals surface area (Å²) in [6, 6.07) is 6.07. The second-order valence-electron chi connectivity index (χ2n) is 4.15. The molecule has 0 saturated carbocycles. The summed E-state index contributed by atoms with van der Waals surface area (Å²) in [5, 5.41) is 0. The van der Waals surface area contributed by atoms with Crippen molar-refractivity contribution in [3.8, 4) is 11.5 Å². The Balaban J connectivity index is 2.82. The molecule has 1 unspecified atom stereocenters. The predicted octanol–water partition coefficient (Wildman–Crippen LogP) is 3.67. The second-order valence-corrected chi connectivity index (χ2v) is 5.33. The monoisotopic (exact) mass is 286 g/mol. The first-order valence-electron chi connectivity index (χ1n) is 5.43. The van der Waals surface area contributed by atoms with E-state index in [0.29, 0.717) is 10.7 Å². The fourth-order valence-corrected chi connectivity index (χ4v) is 1.84. The molecular weight excluding hydrogens is 268 g/mol. The maximum Gasteiger partial charge on any atom is 0.160 e. The molecule has 0 spiro atoms. The molecular formula is C13H19BrO2. The van der Waals surface area contributed by atoms with Crippen molar-refractivity contribution < 1.29 is 9.47 Å². The maximum atomic E-state index is 5.28. The zero-order valence-corrected chi connectivity index (χ0v) is 11.9. The summed E-state index contributed by atoms with van der Waals surface area (Å²) >= 11 is 3.69. The molecule has 2 nitrogen and oxygen atoms in total. The lowest BCUT2D eigenvalue weighted by Crippen LogP contribution is -2.10. The number of methoxy groups -OCH3 is 2. The fourth-order valence-electron chi connectivity index (χ4n) is 1.47. The van der Waals surface area contributed by atoms with Crippen LogP contribution in [0.1, 0.15) is 19.4 Å². The van der Waals surface area contributed by atoms with E-state index in [0.717, 1.165) is 17.9 Å². The van der Waals surface area contributed by atoms with E-state index in [4.69, 9.17) is 9.47 Å². The molecule has 90 valence electrons. The number of ether oxygens (including phenoxy) is 2. The van der Waals surface area contributed by atoms with Crippen molar-refractivity contribution in [3.63, 3.8) is 0 Å². The van der Waals surface area contributed by atoms with Gasteiger partial charge in [-0.2, -0.15) is 0 Å². The maximum absolute atomic E-state index is 5.28. The van der Waals surface area contributed by atoms with Gasteiger partial charge in [-0.15, -0.1) is 0 Å². The van der Waals surface area contributed by atoms with E-state index in [-0.39, 0.29) is 0 Å². The molecule has 0 amide bonds. The zero-order valence-electron chi connectivity index (χ0n) is 10.3. The van der Waals surface area contributed by atoms with Crippen LogP contribution in [0.5, 0.6) is 11.5 Å². The van der Waals surface area contributed by atoms with Gasteiger partial charge < -0.3 is 9.47 Å². The molecule has 0 aliphatic carbocycles. The van der Waals surface area contributed by atoms with Gasteiger partial charge in [0.25, 0.3) is 0 Å². The van der Waals surface area contributed by atoms with Gasteiger partial charge in [-0.25, -0.2) is 0 Å². The van der Waals surface area contributed by atoms with E-state index in [1.807, 2.05) is 12.1 Å². The molecule has 0 saturated heterocycles. The first-order chi connectivity index (χ1) is 7.58. The van der Waals surface area contributed by atoms with Gasteiger partial charge in [-0.05, 0) is 30.0 Å². The van der Waals surface area contributed by atoms with Crippen LogP contribution in [0.4, 0.5) is 0 Å². The van der Waals surface area contributed by atoms with Gasteiger partial charge in [0.1, 0.15) is 0 Å². The first kappa shape index (κ1) is 13.4. The predicted molar refractivity (Wildman–Crippen MR) is 70.8 cm³/mol. The summed E-state index contributed by atoms with van der Waals surface area (Å²) in [6.45, 7) is 4.42. The molecule has 0 aromatic heterocycles. The van der Waals surface area contributed by atoms with E-state index < -0.39 is 0 Å². The molecule has 0 radical (unpaired) electrons. The Morgan fingerprint density at radius 1 is 1.12 bits per heavy atom. The summed E-state index contributed by atoms with van der Waals surface area (Å²) < 4.78 is 10.5. The first-order valence-corrected chi connectivity index (χ1v) is 6.35. The molecule has 0 heterocycles. The average Bonchev–Trinajstić information content (AvgIpc) is 2.28. The minimum Gasteiger partial charge on any atom is -0.493 e. The van der Waals surface area contributed by atoms with Crippen molar-refractivity contribution in [3.05, 3.63) is 23.8 Å². The quantitative estimate of drug-likeness (QED) is 0.769. The number of halogens is 1. The third kappa shape index (κ3) is 3.41. The van der Waals surface area contributed by atoms with Crippen molar-refractivity contribution in [1.29, 1.82) is 0 Å². The lowest BCUT2D eigenvalue weighted by molar-refractivity contribution is 0.354. The Bertz CT molecular complexity index is 337. The van der Waals surface area contributed by atoms with Crippen LogP contribution in [0.25, 0.3) is 0 Å². The minimum atomic E-state index is 0.491. The number of alkyl halides is 1. The van der Waals surface area contributed by atoms with Crippen LogP contribution < -0.4 is 9.47 Å². The van der Waals surface area contributed by atoms with Crippen LogP contribution in [0.15, 0.2) is 18.2 Å². The second kappa shape index (κ2) is 6.14. The molecule has 3 heteroatoms. The van der Waals surface area contributed by atoms with Gasteiger partial charge in [0, 0.05) is 4.83 Å². The summed E-state index contributed by atoms with van der Waals surface area (Å²) in [7, 11) is 3.31. The van der Waals surface area contributed by atoms with Gasteiger partial charge in [-0.1, -0.05) is 35.8 Å². The van der Waals surface area contributed by atoms with Crippen LogP contribution in [0.2, 0.25) is 0 Å². The fraction of sp³-hybridized carbons (Fsp3) is 0.538. The normalized spacial score (nSPS) is 12.6. The van der Waals surface area contributed by atoms with Crippen molar-refractivity contribution in [2.24, 2.45) is 5.92 Å². The van der Waals surface area contributed by atoms with Crippen LogP contribution in [0.3, 0.4) is 0 Å². The molecule has 1 rings (SSSR count). The third-order valence-electron chi connectivity index (χ3n) is 2.60. The van der Waals surface area contributed by atoms with Gasteiger partial charge in [0.05, 0.1) is 14.2 Å². The molecule has 1 atom stereocenters. The van der Waals surface area contributed by atoms with Crippen molar-refractivity contribution in [2.45, 2.75) is 25.1 Å². The van der Waals surface area contributed by atoms with Crippen LogP contribution >= 0.6 is 15.9 Å². The molecule has 0 aliphatic heterocycles. The topological polar surface area (TPSA) is 18.5 Å². The number of rotatable bonds is 5. The Kier molecular flexibility index (Phi) is 5.13. The van der Waals surface area contributed by atoms with Gasteiger partial charge in [-0.3, -0.25) is 0 Å². The van der Waals surface area contributed by atoms with Gasteiger partial charge in [0.15, 0.2) is 11.5 Å². The Morgan fingerprint density at radius 3 is 2.25 bits per heavy atom. The number of hydrogen-bond donors (Lipinski definition) is 0. The Labute approximate surface area is 106 Å². The highest BCUT2D eigenvalue weighted by Gasteiger charge is 2.11. The molecule has 0 fully saturated rings. The lowest BCUT2D eigenvalue weighted by atomic mass is 10.0. The van der Waals surface area contributed by atoms with Crippen LogP contribution in [0, 0.1) is 5.92 Å². The Morgan fingerprint density at radius 2 is 1.75 bits per heavy atom. The standard InChI is InChI=1S/C13H19BrO2/c1-9(2)11(14)7-10-5-6-12(15-3)13(8-10)16-4/h5-6,8-9,11H,7H2,1-4H3. The van der Waals surface area contributed by atoms with E-state index in [1.165, 1.54) is 5.56 Å². The summed E-state index contributed by atoms with van der Waals surface area (Å²) in [4.78, 5) is 0.491. The van der Waals surface area contributed by atoms with Crippen molar-refractivity contribution in [2.75, 3.05) is 14.2 Å². The van der Waals surface area contributed by atoms with E-state index >= 15 is 0 Å².